The van der Waals surface area contributed by atoms with E-state index < -0.39 is 0 Å². The third-order valence-corrected chi connectivity index (χ3v) is 3.90. The summed E-state index contributed by atoms with van der Waals surface area (Å²) in [6, 6.07) is 9.15. The highest BCUT2D eigenvalue weighted by Gasteiger charge is 2.19. The zero-order valence-corrected chi connectivity index (χ0v) is 10.8. The highest BCUT2D eigenvalue weighted by Crippen LogP contribution is 2.24. The summed E-state index contributed by atoms with van der Waals surface area (Å²) in [5, 5.41) is 7.12. The summed E-state index contributed by atoms with van der Waals surface area (Å²) in [4.78, 5) is 0. The van der Waals surface area contributed by atoms with Crippen LogP contribution in [0.25, 0.3) is 0 Å². The van der Waals surface area contributed by atoms with Crippen molar-refractivity contribution in [1.29, 1.82) is 0 Å². The molecule has 0 radical (unpaired) electrons. The normalized spacial score (nSPS) is 26.0. The van der Waals surface area contributed by atoms with Gasteiger partial charge in [-0.15, -0.1) is 0 Å². The van der Waals surface area contributed by atoms with Gasteiger partial charge in [-0.3, -0.25) is 0 Å². The second kappa shape index (κ2) is 5.72. The smallest absolute Gasteiger partial charge is 0.0588 e. The zero-order valence-electron chi connectivity index (χ0n) is 10.8. The topological polar surface area (TPSA) is 33.3 Å². The molecule has 2 N–H and O–H groups in total. The Kier molecular flexibility index (Phi) is 3.81. The van der Waals surface area contributed by atoms with E-state index in [1.165, 1.54) is 24.1 Å². The molecule has 2 aliphatic rings. The molecule has 1 saturated heterocycles. The summed E-state index contributed by atoms with van der Waals surface area (Å²) in [6.45, 7) is 3.07. The summed E-state index contributed by atoms with van der Waals surface area (Å²) in [6.07, 6.45) is 5.29. The van der Waals surface area contributed by atoms with Crippen molar-refractivity contribution in [2.24, 2.45) is 0 Å². The van der Waals surface area contributed by atoms with Crippen LogP contribution in [0.4, 0.5) is 5.69 Å². The fraction of sp³-hybridized carbons (Fsp3) is 0.600. The molecule has 3 nitrogen and oxygen atoms in total. The maximum absolute atomic E-state index is 5.62. The number of nitrogens with one attached hydrogen (secondary N) is 2. The lowest BCUT2D eigenvalue weighted by Gasteiger charge is -2.14. The number of ether oxygens (including phenoxy) is 1. The summed E-state index contributed by atoms with van der Waals surface area (Å²) in [5.74, 6) is 0. The monoisotopic (exact) mass is 246 g/mol. The first-order chi connectivity index (χ1) is 8.92. The third-order valence-electron chi connectivity index (χ3n) is 3.90. The number of anilines is 1. The minimum Gasteiger partial charge on any atom is -0.380 e. The lowest BCUT2D eigenvalue weighted by Crippen LogP contribution is -2.32. The Hall–Kier alpha value is -1.06. The molecular formula is C15H22N2O. The van der Waals surface area contributed by atoms with E-state index in [4.69, 9.17) is 4.74 Å². The van der Waals surface area contributed by atoms with E-state index in [0.717, 1.165) is 32.5 Å². The molecule has 2 aliphatic heterocycles. The van der Waals surface area contributed by atoms with Crippen molar-refractivity contribution in [3.05, 3.63) is 29.8 Å². The van der Waals surface area contributed by atoms with Gasteiger partial charge in [-0.25, -0.2) is 0 Å². The van der Waals surface area contributed by atoms with Crippen molar-refractivity contribution in [2.45, 2.75) is 37.8 Å². The number of fused-ring (bicyclic) bond motifs is 1. The van der Waals surface area contributed by atoms with Gasteiger partial charge in [0.05, 0.1) is 6.10 Å². The Balaban J connectivity index is 1.35. The molecule has 1 fully saturated rings. The van der Waals surface area contributed by atoms with Gasteiger partial charge in [0.1, 0.15) is 0 Å². The van der Waals surface area contributed by atoms with Crippen LogP contribution in [-0.2, 0) is 11.2 Å². The average molecular weight is 246 g/mol. The van der Waals surface area contributed by atoms with Crippen molar-refractivity contribution in [1.82, 2.24) is 5.32 Å². The van der Waals surface area contributed by atoms with E-state index in [0.29, 0.717) is 12.1 Å². The van der Waals surface area contributed by atoms with E-state index in [-0.39, 0.29) is 0 Å². The van der Waals surface area contributed by atoms with Gasteiger partial charge in [0.25, 0.3) is 0 Å². The lowest BCUT2D eigenvalue weighted by atomic mass is 10.1. The fourth-order valence-corrected chi connectivity index (χ4v) is 2.91. The molecule has 3 heteroatoms. The quantitative estimate of drug-likeness (QED) is 0.781. The van der Waals surface area contributed by atoms with Gasteiger partial charge in [0, 0.05) is 24.9 Å². The van der Waals surface area contributed by atoms with Crippen LogP contribution < -0.4 is 10.6 Å². The lowest BCUT2D eigenvalue weighted by molar-refractivity contribution is 0.104. The van der Waals surface area contributed by atoms with Crippen LogP contribution in [0, 0.1) is 0 Å². The highest BCUT2D eigenvalue weighted by atomic mass is 16.5. The first-order valence-corrected chi connectivity index (χ1v) is 7.08. The summed E-state index contributed by atoms with van der Waals surface area (Å²) in [7, 11) is 0. The molecule has 2 atom stereocenters. The predicted molar refractivity (Wildman–Crippen MR) is 74.0 cm³/mol. The van der Waals surface area contributed by atoms with Gasteiger partial charge in [0.2, 0.25) is 0 Å². The third kappa shape index (κ3) is 2.85. The summed E-state index contributed by atoms with van der Waals surface area (Å²) < 4.78 is 5.62. The molecule has 1 aromatic carbocycles. The molecule has 98 valence electrons. The van der Waals surface area contributed by atoms with E-state index in [1.807, 2.05) is 0 Å². The van der Waals surface area contributed by atoms with Crippen molar-refractivity contribution < 1.29 is 4.74 Å². The molecule has 1 aromatic rings. The van der Waals surface area contributed by atoms with Gasteiger partial charge in [-0.1, -0.05) is 18.2 Å². The van der Waals surface area contributed by atoms with E-state index in [9.17, 15) is 0 Å². The van der Waals surface area contributed by atoms with Crippen LogP contribution in [0.3, 0.4) is 0 Å². The number of benzene rings is 1. The molecule has 3 rings (SSSR count). The molecule has 0 bridgehead atoms. The Labute approximate surface area is 109 Å². The Morgan fingerprint density at radius 3 is 3.11 bits per heavy atom. The molecule has 0 amide bonds. The van der Waals surface area contributed by atoms with Crippen LogP contribution in [0.5, 0.6) is 0 Å². The second-order valence-electron chi connectivity index (χ2n) is 5.33. The van der Waals surface area contributed by atoms with E-state index in [2.05, 4.69) is 34.9 Å². The van der Waals surface area contributed by atoms with Crippen molar-refractivity contribution in [2.75, 3.05) is 25.0 Å². The molecule has 0 saturated carbocycles. The largest absolute Gasteiger partial charge is 0.380 e. The highest BCUT2D eigenvalue weighted by molar-refractivity contribution is 5.56. The number of rotatable bonds is 5. The Morgan fingerprint density at radius 2 is 2.28 bits per heavy atom. The van der Waals surface area contributed by atoms with Gasteiger partial charge in [-0.05, 0) is 43.9 Å². The van der Waals surface area contributed by atoms with Gasteiger partial charge < -0.3 is 15.4 Å². The van der Waals surface area contributed by atoms with Gasteiger partial charge >= 0.3 is 0 Å². The maximum atomic E-state index is 5.62. The van der Waals surface area contributed by atoms with Crippen molar-refractivity contribution in [3.8, 4) is 0 Å². The maximum Gasteiger partial charge on any atom is 0.0588 e. The molecule has 18 heavy (non-hydrogen) atoms. The summed E-state index contributed by atoms with van der Waals surface area (Å²) >= 11 is 0. The molecule has 0 aliphatic carbocycles. The van der Waals surface area contributed by atoms with Crippen molar-refractivity contribution in [3.63, 3.8) is 0 Å². The molecule has 2 heterocycles. The standard InChI is InChI=1S/C15H22N2O/c1-2-6-15-12(4-1)10-13(17-15)11-16-8-7-14-5-3-9-18-14/h1-2,4,6,13-14,16-17H,3,5,7-11H2. The number of para-hydroxylation sites is 1. The summed E-state index contributed by atoms with van der Waals surface area (Å²) in [5.41, 5.74) is 2.76. The minimum absolute atomic E-state index is 0.506. The Morgan fingerprint density at radius 1 is 1.33 bits per heavy atom. The predicted octanol–water partition coefficient (Wildman–Crippen LogP) is 2.18. The Bertz CT molecular complexity index is 363. The fourth-order valence-electron chi connectivity index (χ4n) is 2.91. The molecule has 0 spiro atoms. The van der Waals surface area contributed by atoms with Crippen LogP contribution in [0.2, 0.25) is 0 Å². The SMILES string of the molecule is c1ccc2c(c1)CC(CNCCC1CCCO1)N2. The van der Waals surface area contributed by atoms with Crippen LogP contribution in [0.15, 0.2) is 24.3 Å². The number of hydrogen-bond donors (Lipinski definition) is 2. The molecule has 0 aromatic heterocycles. The van der Waals surface area contributed by atoms with Gasteiger partial charge in [0.15, 0.2) is 0 Å². The minimum atomic E-state index is 0.506. The first kappa shape index (κ1) is 12.0. The molecule has 2 unspecified atom stereocenters. The van der Waals surface area contributed by atoms with Crippen LogP contribution in [0.1, 0.15) is 24.8 Å². The zero-order chi connectivity index (χ0) is 12.2. The van der Waals surface area contributed by atoms with E-state index >= 15 is 0 Å². The van der Waals surface area contributed by atoms with Crippen molar-refractivity contribution >= 4 is 5.69 Å². The number of hydrogen-bond acceptors (Lipinski definition) is 3. The van der Waals surface area contributed by atoms with Crippen LogP contribution >= 0.6 is 0 Å². The average Bonchev–Trinajstić information content (AvgIpc) is 3.03. The molecular weight excluding hydrogens is 224 g/mol. The van der Waals surface area contributed by atoms with Gasteiger partial charge in [-0.2, -0.15) is 0 Å². The second-order valence-corrected chi connectivity index (χ2v) is 5.33. The van der Waals surface area contributed by atoms with Crippen LogP contribution in [-0.4, -0.2) is 31.8 Å². The van der Waals surface area contributed by atoms with E-state index in [1.54, 1.807) is 0 Å². The first-order valence-electron chi connectivity index (χ1n) is 7.08.